The molecule has 1 unspecified atom stereocenters. The standard InChI is InChI=1S/C33H42FN5O6/c1-38(2)33(43)45-30-10-5-24(31(34)19-30)20-36-32(42)39-17-14-26(15-18-39)37-25-6-3-23(4-7-25)13-16-35-21-28(41)22-44-29-11-8-27(40)9-12-29/h3-12,19,26,28,35,37,40-41H,13-18,20-22H2,1-2H3,(H,36,42). The summed E-state index contributed by atoms with van der Waals surface area (Å²) in [7, 11) is 3.08. The van der Waals surface area contributed by atoms with Gasteiger partial charge in [0.1, 0.15) is 35.8 Å². The minimum atomic E-state index is -0.647. The second kappa shape index (κ2) is 16.5. The van der Waals surface area contributed by atoms with E-state index in [-0.39, 0.29) is 36.7 Å². The Morgan fingerprint density at radius 3 is 2.38 bits per heavy atom. The number of aliphatic hydroxyl groups is 1. The van der Waals surface area contributed by atoms with Gasteiger partial charge in [-0.1, -0.05) is 18.2 Å². The Morgan fingerprint density at radius 2 is 1.71 bits per heavy atom. The van der Waals surface area contributed by atoms with E-state index in [1.54, 1.807) is 17.0 Å². The van der Waals surface area contributed by atoms with Gasteiger partial charge in [-0.15, -0.1) is 0 Å². The number of phenolic OH excluding ortho intramolecular Hbond substituents is 1. The number of phenols is 1. The van der Waals surface area contributed by atoms with Crippen molar-refractivity contribution < 1.29 is 33.7 Å². The molecule has 45 heavy (non-hydrogen) atoms. The van der Waals surface area contributed by atoms with Crippen molar-refractivity contribution in [1.29, 1.82) is 0 Å². The molecule has 0 spiro atoms. The number of urea groups is 1. The molecule has 1 fully saturated rings. The van der Waals surface area contributed by atoms with E-state index in [1.807, 2.05) is 0 Å². The van der Waals surface area contributed by atoms with Crippen LogP contribution in [-0.4, -0.2) is 91.2 Å². The van der Waals surface area contributed by atoms with Crippen molar-refractivity contribution in [1.82, 2.24) is 20.4 Å². The topological polar surface area (TPSA) is 136 Å². The molecule has 1 saturated heterocycles. The zero-order valence-corrected chi connectivity index (χ0v) is 25.7. The number of anilines is 1. The molecule has 4 rings (SSSR count). The van der Waals surface area contributed by atoms with Gasteiger partial charge < -0.3 is 45.4 Å². The van der Waals surface area contributed by atoms with Crippen LogP contribution in [0.1, 0.15) is 24.0 Å². The molecule has 3 aromatic carbocycles. The van der Waals surface area contributed by atoms with E-state index in [4.69, 9.17) is 9.47 Å². The number of hydrogen-bond acceptors (Lipinski definition) is 8. The number of rotatable bonds is 13. The van der Waals surface area contributed by atoms with Crippen LogP contribution in [0.4, 0.5) is 19.7 Å². The molecule has 0 aliphatic carbocycles. The zero-order chi connectivity index (χ0) is 32.2. The molecule has 242 valence electrons. The van der Waals surface area contributed by atoms with Gasteiger partial charge in [0.25, 0.3) is 0 Å². The van der Waals surface area contributed by atoms with Crippen LogP contribution in [0.5, 0.6) is 17.2 Å². The molecule has 0 radical (unpaired) electrons. The van der Waals surface area contributed by atoms with E-state index in [1.165, 1.54) is 48.8 Å². The Bertz CT molecular complexity index is 1380. The first-order valence-electron chi connectivity index (χ1n) is 15.0. The summed E-state index contributed by atoms with van der Waals surface area (Å²) in [5.74, 6) is 0.304. The van der Waals surface area contributed by atoms with Crippen LogP contribution in [0.2, 0.25) is 0 Å². The smallest absolute Gasteiger partial charge is 0.414 e. The first kappa shape index (κ1) is 33.3. The predicted octanol–water partition coefficient (Wildman–Crippen LogP) is 3.95. The Kier molecular flexibility index (Phi) is 12.2. The van der Waals surface area contributed by atoms with Crippen molar-refractivity contribution in [2.24, 2.45) is 0 Å². The monoisotopic (exact) mass is 623 g/mol. The highest BCUT2D eigenvalue weighted by Crippen LogP contribution is 2.20. The van der Waals surface area contributed by atoms with Gasteiger partial charge in [0.2, 0.25) is 0 Å². The van der Waals surface area contributed by atoms with Crippen LogP contribution >= 0.6 is 0 Å². The number of piperidine rings is 1. The lowest BCUT2D eigenvalue weighted by atomic mass is 10.0. The highest BCUT2D eigenvalue weighted by molar-refractivity contribution is 5.74. The molecule has 0 bridgehead atoms. The maximum Gasteiger partial charge on any atom is 0.414 e. The number of likely N-dealkylation sites (tertiary alicyclic amines) is 1. The number of nitrogens with zero attached hydrogens (tertiary/aromatic N) is 2. The number of carbonyl (C=O) groups is 2. The van der Waals surface area contributed by atoms with Gasteiger partial charge in [0.15, 0.2) is 0 Å². The van der Waals surface area contributed by atoms with E-state index in [9.17, 15) is 24.2 Å². The van der Waals surface area contributed by atoms with Crippen LogP contribution < -0.4 is 25.4 Å². The number of carbonyl (C=O) groups excluding carboxylic acids is 2. The summed E-state index contributed by atoms with van der Waals surface area (Å²) < 4.78 is 25.1. The lowest BCUT2D eigenvalue weighted by Crippen LogP contribution is -2.46. The lowest BCUT2D eigenvalue weighted by molar-refractivity contribution is 0.106. The molecule has 5 N–H and O–H groups in total. The maximum absolute atomic E-state index is 14.5. The molecule has 0 aromatic heterocycles. The minimum absolute atomic E-state index is 0.0304. The number of nitrogens with one attached hydrogen (secondary N) is 3. The molecule has 3 amide bonds. The maximum atomic E-state index is 14.5. The fourth-order valence-corrected chi connectivity index (χ4v) is 4.73. The summed E-state index contributed by atoms with van der Waals surface area (Å²) in [5.41, 5.74) is 2.50. The van der Waals surface area contributed by atoms with E-state index >= 15 is 0 Å². The average Bonchev–Trinajstić information content (AvgIpc) is 3.03. The SMILES string of the molecule is CN(C)C(=O)Oc1ccc(CNC(=O)N2CCC(Nc3ccc(CCNCC(O)COc4ccc(O)cc4)cc3)CC2)c(F)c1. The summed E-state index contributed by atoms with van der Waals surface area (Å²) in [4.78, 5) is 27.3. The third-order valence-electron chi connectivity index (χ3n) is 7.38. The molecule has 11 nitrogen and oxygen atoms in total. The molecule has 1 aliphatic heterocycles. The summed E-state index contributed by atoms with van der Waals surface area (Å²) in [5, 5.41) is 29.0. The van der Waals surface area contributed by atoms with Crippen LogP contribution in [0.15, 0.2) is 66.7 Å². The number of halogens is 1. The Balaban J connectivity index is 1.10. The summed E-state index contributed by atoms with van der Waals surface area (Å²) in [6, 6.07) is 18.8. The highest BCUT2D eigenvalue weighted by atomic mass is 19.1. The molecule has 0 saturated carbocycles. The predicted molar refractivity (Wildman–Crippen MR) is 169 cm³/mol. The quantitative estimate of drug-likeness (QED) is 0.181. The minimum Gasteiger partial charge on any atom is -0.508 e. The molecular weight excluding hydrogens is 581 g/mol. The van der Waals surface area contributed by atoms with Crippen LogP contribution in [-0.2, 0) is 13.0 Å². The Hall–Kier alpha value is -4.55. The summed E-state index contributed by atoms with van der Waals surface area (Å²) in [6.45, 7) is 2.49. The molecule has 1 aliphatic rings. The van der Waals surface area contributed by atoms with Crippen molar-refractivity contribution in [2.45, 2.75) is 38.0 Å². The van der Waals surface area contributed by atoms with Gasteiger partial charge in [-0.2, -0.15) is 0 Å². The van der Waals surface area contributed by atoms with Gasteiger partial charge in [0.05, 0.1) is 0 Å². The normalized spacial score (nSPS) is 14.0. The Morgan fingerprint density at radius 1 is 1.02 bits per heavy atom. The molecular formula is C33H42FN5O6. The van der Waals surface area contributed by atoms with Crippen molar-refractivity contribution in [3.63, 3.8) is 0 Å². The fraction of sp³-hybridized carbons (Fsp3) is 0.394. The van der Waals surface area contributed by atoms with Crippen molar-refractivity contribution in [3.05, 3.63) is 83.7 Å². The van der Waals surface area contributed by atoms with Crippen LogP contribution in [0, 0.1) is 5.82 Å². The highest BCUT2D eigenvalue weighted by Gasteiger charge is 2.23. The molecule has 1 heterocycles. The van der Waals surface area contributed by atoms with Crippen LogP contribution in [0.3, 0.4) is 0 Å². The van der Waals surface area contributed by atoms with Crippen molar-refractivity contribution in [2.75, 3.05) is 52.2 Å². The summed E-state index contributed by atoms with van der Waals surface area (Å²) in [6.07, 6.45) is 1.15. The first-order chi connectivity index (χ1) is 21.7. The Labute approximate surface area is 262 Å². The largest absolute Gasteiger partial charge is 0.508 e. The number of amides is 3. The third kappa shape index (κ3) is 10.8. The number of ether oxygens (including phenoxy) is 2. The van der Waals surface area contributed by atoms with E-state index in [0.717, 1.165) is 31.0 Å². The molecule has 12 heteroatoms. The third-order valence-corrected chi connectivity index (χ3v) is 7.38. The first-order valence-corrected chi connectivity index (χ1v) is 15.0. The second-order valence-electron chi connectivity index (χ2n) is 11.2. The number of hydrogen-bond donors (Lipinski definition) is 5. The van der Waals surface area contributed by atoms with Crippen molar-refractivity contribution >= 4 is 17.8 Å². The zero-order valence-electron chi connectivity index (χ0n) is 25.7. The lowest BCUT2D eigenvalue weighted by Gasteiger charge is -2.33. The van der Waals surface area contributed by atoms with Gasteiger partial charge >= 0.3 is 12.1 Å². The van der Waals surface area contributed by atoms with Crippen molar-refractivity contribution in [3.8, 4) is 17.2 Å². The van der Waals surface area contributed by atoms with Gasteiger partial charge in [0, 0.05) is 63.6 Å². The number of aromatic hydroxyl groups is 1. The fourth-order valence-electron chi connectivity index (χ4n) is 4.73. The van der Waals surface area contributed by atoms with Gasteiger partial charge in [-0.3, -0.25) is 0 Å². The van der Waals surface area contributed by atoms with E-state index in [2.05, 4.69) is 40.2 Å². The molecule has 3 aromatic rings. The van der Waals surface area contributed by atoms with Gasteiger partial charge in [-0.05, 0) is 73.8 Å². The average molecular weight is 624 g/mol. The summed E-state index contributed by atoms with van der Waals surface area (Å²) >= 11 is 0. The number of benzene rings is 3. The molecule has 1 atom stereocenters. The second-order valence-corrected chi connectivity index (χ2v) is 11.2. The number of aliphatic hydroxyl groups excluding tert-OH is 1. The van der Waals surface area contributed by atoms with E-state index < -0.39 is 18.0 Å². The van der Waals surface area contributed by atoms with Gasteiger partial charge in [-0.25, -0.2) is 14.0 Å². The van der Waals surface area contributed by atoms with E-state index in [0.29, 0.717) is 37.5 Å². The van der Waals surface area contributed by atoms with Crippen LogP contribution in [0.25, 0.3) is 0 Å².